The van der Waals surface area contributed by atoms with E-state index < -0.39 is 0 Å². The molecule has 3 nitrogen and oxygen atoms in total. The molecular weight excluding hydrogens is 234 g/mol. The lowest BCUT2D eigenvalue weighted by Crippen LogP contribution is -2.24. The molecule has 3 heteroatoms. The highest BCUT2D eigenvalue weighted by Gasteiger charge is 2.21. The summed E-state index contributed by atoms with van der Waals surface area (Å²) in [6.45, 7) is 9.02. The van der Waals surface area contributed by atoms with E-state index in [2.05, 4.69) is 43.0 Å². The monoisotopic (exact) mass is 263 g/mol. The van der Waals surface area contributed by atoms with Gasteiger partial charge in [-0.25, -0.2) is 0 Å². The molecule has 1 aromatic heterocycles. The van der Waals surface area contributed by atoms with E-state index in [-0.39, 0.29) is 0 Å². The van der Waals surface area contributed by atoms with E-state index in [1.54, 1.807) is 0 Å². The van der Waals surface area contributed by atoms with E-state index in [9.17, 15) is 0 Å². The van der Waals surface area contributed by atoms with E-state index in [1.807, 2.05) is 0 Å². The van der Waals surface area contributed by atoms with Gasteiger partial charge in [0.05, 0.1) is 11.7 Å². The van der Waals surface area contributed by atoms with Gasteiger partial charge in [-0.2, -0.15) is 5.10 Å². The first-order valence-corrected chi connectivity index (χ1v) is 7.85. The van der Waals surface area contributed by atoms with E-state index in [4.69, 9.17) is 5.10 Å². The number of hydrogen-bond donors (Lipinski definition) is 1. The fourth-order valence-corrected chi connectivity index (χ4v) is 3.03. The Morgan fingerprint density at radius 1 is 1.37 bits per heavy atom. The van der Waals surface area contributed by atoms with Gasteiger partial charge in [-0.05, 0) is 50.3 Å². The first-order valence-electron chi connectivity index (χ1n) is 7.85. The summed E-state index contributed by atoms with van der Waals surface area (Å²) in [5.41, 5.74) is 1.59. The van der Waals surface area contributed by atoms with Crippen LogP contribution in [0.2, 0.25) is 0 Å². The summed E-state index contributed by atoms with van der Waals surface area (Å²) >= 11 is 0. The Morgan fingerprint density at radius 3 is 2.79 bits per heavy atom. The summed E-state index contributed by atoms with van der Waals surface area (Å²) in [7, 11) is 0. The molecule has 2 rings (SSSR count). The molecule has 0 radical (unpaired) electrons. The molecule has 0 bridgehead atoms. The fraction of sp³-hybridized carbons (Fsp3) is 0.812. The Labute approximate surface area is 117 Å². The maximum Gasteiger partial charge on any atom is 0.0630 e. The van der Waals surface area contributed by atoms with Crippen LogP contribution in [0.5, 0.6) is 0 Å². The number of aromatic nitrogens is 2. The summed E-state index contributed by atoms with van der Waals surface area (Å²) < 4.78 is 2.21. The van der Waals surface area contributed by atoms with Crippen molar-refractivity contribution in [3.63, 3.8) is 0 Å². The maximum absolute atomic E-state index is 4.80. The molecule has 108 valence electrons. The van der Waals surface area contributed by atoms with Crippen molar-refractivity contribution in [3.05, 3.63) is 18.0 Å². The number of hydrogen-bond acceptors (Lipinski definition) is 2. The number of nitrogens with one attached hydrogen (secondary N) is 1. The van der Waals surface area contributed by atoms with Crippen LogP contribution < -0.4 is 5.32 Å². The average molecular weight is 263 g/mol. The Kier molecular flexibility index (Phi) is 5.03. The quantitative estimate of drug-likeness (QED) is 0.762. The molecule has 0 amide bonds. The summed E-state index contributed by atoms with van der Waals surface area (Å²) in [5, 5.41) is 8.22. The van der Waals surface area contributed by atoms with Crippen LogP contribution >= 0.6 is 0 Å². The largest absolute Gasteiger partial charge is 0.317 e. The van der Waals surface area contributed by atoms with Crippen molar-refractivity contribution in [2.75, 3.05) is 13.1 Å². The van der Waals surface area contributed by atoms with Crippen LogP contribution in [0.25, 0.3) is 0 Å². The van der Waals surface area contributed by atoms with E-state index >= 15 is 0 Å². The van der Waals surface area contributed by atoms with E-state index in [0.717, 1.165) is 19.5 Å². The van der Waals surface area contributed by atoms with Crippen LogP contribution in [0.1, 0.15) is 64.6 Å². The Morgan fingerprint density at radius 2 is 2.11 bits per heavy atom. The normalized spacial score (nSPS) is 17.2. The van der Waals surface area contributed by atoms with Crippen molar-refractivity contribution in [2.45, 2.75) is 65.3 Å². The second kappa shape index (κ2) is 6.56. The Balaban J connectivity index is 1.87. The van der Waals surface area contributed by atoms with Crippen molar-refractivity contribution >= 4 is 0 Å². The third-order valence-electron chi connectivity index (χ3n) is 4.25. The standard InChI is InChI=1S/C16H29N3/c1-4-17-11-10-16(2,3)13-14-9-12-19(18-14)15-7-5-6-8-15/h9,12,15,17H,4-8,10-11,13H2,1-3H3. The van der Waals surface area contributed by atoms with Crippen molar-refractivity contribution < 1.29 is 0 Å². The molecule has 1 fully saturated rings. The molecule has 0 aliphatic heterocycles. The minimum absolute atomic E-state index is 0.330. The number of nitrogens with zero attached hydrogens (tertiary/aromatic N) is 2. The van der Waals surface area contributed by atoms with Gasteiger partial charge >= 0.3 is 0 Å². The zero-order valence-electron chi connectivity index (χ0n) is 12.8. The zero-order chi connectivity index (χ0) is 13.7. The number of rotatable bonds is 7. The maximum atomic E-state index is 4.80. The summed E-state index contributed by atoms with van der Waals surface area (Å²) in [6.07, 6.45) is 9.83. The molecular formula is C16H29N3. The molecule has 0 unspecified atom stereocenters. The van der Waals surface area contributed by atoms with Crippen LogP contribution in [0.4, 0.5) is 0 Å². The van der Waals surface area contributed by atoms with Gasteiger partial charge in [0.1, 0.15) is 0 Å². The van der Waals surface area contributed by atoms with E-state index in [1.165, 1.54) is 37.8 Å². The van der Waals surface area contributed by atoms with Crippen molar-refractivity contribution in [3.8, 4) is 0 Å². The van der Waals surface area contributed by atoms with Crippen molar-refractivity contribution in [1.82, 2.24) is 15.1 Å². The first-order chi connectivity index (χ1) is 9.11. The van der Waals surface area contributed by atoms with Gasteiger partial charge < -0.3 is 5.32 Å². The zero-order valence-corrected chi connectivity index (χ0v) is 12.8. The van der Waals surface area contributed by atoms with Crippen molar-refractivity contribution in [2.24, 2.45) is 5.41 Å². The van der Waals surface area contributed by atoms with Gasteiger partial charge in [0.2, 0.25) is 0 Å². The van der Waals surface area contributed by atoms with Gasteiger partial charge in [0.15, 0.2) is 0 Å². The lowest BCUT2D eigenvalue weighted by Gasteiger charge is -2.23. The van der Waals surface area contributed by atoms with Gasteiger partial charge in [0, 0.05) is 6.20 Å². The summed E-state index contributed by atoms with van der Waals surface area (Å²) in [5.74, 6) is 0. The van der Waals surface area contributed by atoms with Gasteiger partial charge in [-0.1, -0.05) is 33.6 Å². The van der Waals surface area contributed by atoms with Crippen LogP contribution in [-0.4, -0.2) is 22.9 Å². The average Bonchev–Trinajstić information content (AvgIpc) is 2.98. The van der Waals surface area contributed by atoms with Gasteiger partial charge in [-0.3, -0.25) is 4.68 Å². The molecule has 0 atom stereocenters. The van der Waals surface area contributed by atoms with Crippen molar-refractivity contribution in [1.29, 1.82) is 0 Å². The topological polar surface area (TPSA) is 29.9 Å². The molecule has 0 aromatic carbocycles. The van der Waals surface area contributed by atoms with Crippen LogP contribution in [0, 0.1) is 5.41 Å². The molecule has 0 saturated heterocycles. The molecule has 1 aliphatic carbocycles. The third kappa shape index (κ3) is 4.34. The Bertz CT molecular complexity index is 375. The van der Waals surface area contributed by atoms with Crippen LogP contribution in [0.15, 0.2) is 12.3 Å². The first kappa shape index (κ1) is 14.6. The summed E-state index contributed by atoms with van der Waals surface area (Å²) in [4.78, 5) is 0. The molecule has 1 heterocycles. The predicted octanol–water partition coefficient (Wildman–Crippen LogP) is 3.57. The predicted molar refractivity (Wildman–Crippen MR) is 80.4 cm³/mol. The molecule has 1 saturated carbocycles. The molecule has 0 spiro atoms. The lowest BCUT2D eigenvalue weighted by atomic mass is 9.84. The molecule has 19 heavy (non-hydrogen) atoms. The minimum atomic E-state index is 0.330. The molecule has 1 aromatic rings. The fourth-order valence-electron chi connectivity index (χ4n) is 3.03. The van der Waals surface area contributed by atoms with Crippen LogP contribution in [0.3, 0.4) is 0 Å². The highest BCUT2D eigenvalue weighted by Crippen LogP contribution is 2.30. The SMILES string of the molecule is CCNCCC(C)(C)Cc1ccn(C2CCCC2)n1. The van der Waals surface area contributed by atoms with Gasteiger partial charge in [0.25, 0.3) is 0 Å². The second-order valence-electron chi connectivity index (χ2n) is 6.67. The smallest absolute Gasteiger partial charge is 0.0630 e. The molecule has 1 N–H and O–H groups in total. The second-order valence-corrected chi connectivity index (χ2v) is 6.67. The van der Waals surface area contributed by atoms with E-state index in [0.29, 0.717) is 11.5 Å². The highest BCUT2D eigenvalue weighted by atomic mass is 15.3. The van der Waals surface area contributed by atoms with Gasteiger partial charge in [-0.15, -0.1) is 0 Å². The Hall–Kier alpha value is -0.830. The minimum Gasteiger partial charge on any atom is -0.317 e. The molecule has 1 aliphatic rings. The van der Waals surface area contributed by atoms with Crippen LogP contribution in [-0.2, 0) is 6.42 Å². The summed E-state index contributed by atoms with van der Waals surface area (Å²) in [6, 6.07) is 2.88. The highest BCUT2D eigenvalue weighted by molar-refractivity contribution is 5.03. The third-order valence-corrected chi connectivity index (χ3v) is 4.25. The lowest BCUT2D eigenvalue weighted by molar-refractivity contribution is 0.321.